The first-order valence-corrected chi connectivity index (χ1v) is 5.55. The van der Waals surface area contributed by atoms with E-state index in [-0.39, 0.29) is 11.8 Å². The maximum Gasteiger partial charge on any atom is 0.358 e. The molecule has 92 valence electrons. The minimum atomic E-state index is -1.06. The molecule has 1 atom stereocenters. The summed E-state index contributed by atoms with van der Waals surface area (Å²) in [4.78, 5) is 20.7. The second-order valence-corrected chi connectivity index (χ2v) is 4.05. The summed E-state index contributed by atoms with van der Waals surface area (Å²) in [6.07, 6.45) is 5.10. The number of aromatic carboxylic acids is 1. The van der Waals surface area contributed by atoms with Crippen LogP contribution >= 0.6 is 0 Å². The molecule has 0 spiro atoms. The van der Waals surface area contributed by atoms with E-state index in [1.54, 1.807) is 11.9 Å². The molecular formula is C11H15N3O3. The van der Waals surface area contributed by atoms with E-state index in [0.717, 1.165) is 19.4 Å². The van der Waals surface area contributed by atoms with Gasteiger partial charge in [-0.3, -0.25) is 0 Å². The molecule has 0 amide bonds. The molecule has 1 unspecified atom stereocenters. The molecule has 1 saturated heterocycles. The fourth-order valence-corrected chi connectivity index (χ4v) is 1.94. The SMILES string of the molecule is CN(CC1CCCO1)c1nccnc1C(=O)O. The van der Waals surface area contributed by atoms with Crippen molar-refractivity contribution in [1.82, 2.24) is 9.97 Å². The molecule has 0 saturated carbocycles. The van der Waals surface area contributed by atoms with Crippen LogP contribution in [-0.2, 0) is 4.74 Å². The Labute approximate surface area is 99.2 Å². The molecule has 0 bridgehead atoms. The standard InChI is InChI=1S/C11H15N3O3/c1-14(7-8-3-2-6-17-8)10-9(11(15)16)12-4-5-13-10/h4-5,8H,2-3,6-7H2,1H3,(H,15,16). The van der Waals surface area contributed by atoms with Crippen molar-refractivity contribution in [3.05, 3.63) is 18.1 Å². The van der Waals surface area contributed by atoms with Crippen LogP contribution in [0.5, 0.6) is 0 Å². The number of carboxylic acids is 1. The zero-order chi connectivity index (χ0) is 12.3. The smallest absolute Gasteiger partial charge is 0.358 e. The van der Waals surface area contributed by atoms with Crippen LogP contribution in [0.4, 0.5) is 5.82 Å². The molecule has 6 nitrogen and oxygen atoms in total. The second kappa shape index (κ2) is 5.09. The van der Waals surface area contributed by atoms with Gasteiger partial charge in [0.25, 0.3) is 0 Å². The number of likely N-dealkylation sites (N-methyl/N-ethyl adjacent to an activating group) is 1. The van der Waals surface area contributed by atoms with Gasteiger partial charge in [-0.25, -0.2) is 14.8 Å². The van der Waals surface area contributed by atoms with E-state index >= 15 is 0 Å². The lowest BCUT2D eigenvalue weighted by Gasteiger charge is -2.22. The monoisotopic (exact) mass is 237 g/mol. The van der Waals surface area contributed by atoms with Gasteiger partial charge in [-0.1, -0.05) is 0 Å². The normalized spacial score (nSPS) is 19.2. The number of anilines is 1. The third-order valence-electron chi connectivity index (χ3n) is 2.74. The average Bonchev–Trinajstić information content (AvgIpc) is 2.81. The molecule has 0 aromatic carbocycles. The summed E-state index contributed by atoms with van der Waals surface area (Å²) in [5.74, 6) is -0.678. The maximum atomic E-state index is 11.0. The average molecular weight is 237 g/mol. The van der Waals surface area contributed by atoms with Gasteiger partial charge in [-0.15, -0.1) is 0 Å². The molecule has 17 heavy (non-hydrogen) atoms. The van der Waals surface area contributed by atoms with Crippen molar-refractivity contribution >= 4 is 11.8 Å². The van der Waals surface area contributed by atoms with E-state index in [1.165, 1.54) is 12.4 Å². The highest BCUT2D eigenvalue weighted by molar-refractivity contribution is 5.90. The van der Waals surface area contributed by atoms with Gasteiger partial charge in [0.2, 0.25) is 0 Å². The highest BCUT2D eigenvalue weighted by Crippen LogP contribution is 2.18. The van der Waals surface area contributed by atoms with Crippen LogP contribution < -0.4 is 4.90 Å². The van der Waals surface area contributed by atoms with Crippen molar-refractivity contribution in [3.8, 4) is 0 Å². The summed E-state index contributed by atoms with van der Waals surface area (Å²) in [5.41, 5.74) is -0.0204. The topological polar surface area (TPSA) is 75.5 Å². The van der Waals surface area contributed by atoms with Crippen LogP contribution in [0.15, 0.2) is 12.4 Å². The van der Waals surface area contributed by atoms with Crippen molar-refractivity contribution in [3.63, 3.8) is 0 Å². The Hall–Kier alpha value is -1.69. The van der Waals surface area contributed by atoms with Crippen molar-refractivity contribution in [2.75, 3.05) is 25.1 Å². The van der Waals surface area contributed by atoms with E-state index in [0.29, 0.717) is 12.4 Å². The van der Waals surface area contributed by atoms with Gasteiger partial charge in [0.1, 0.15) is 0 Å². The van der Waals surface area contributed by atoms with Gasteiger partial charge in [0.05, 0.1) is 6.10 Å². The lowest BCUT2D eigenvalue weighted by atomic mass is 10.2. The zero-order valence-corrected chi connectivity index (χ0v) is 9.67. The molecule has 1 fully saturated rings. The Bertz CT molecular complexity index is 405. The molecule has 1 aliphatic heterocycles. The van der Waals surface area contributed by atoms with E-state index in [4.69, 9.17) is 9.84 Å². The first-order valence-electron chi connectivity index (χ1n) is 5.55. The summed E-state index contributed by atoms with van der Waals surface area (Å²) >= 11 is 0. The van der Waals surface area contributed by atoms with Crippen LogP contribution in [-0.4, -0.2) is 47.3 Å². The molecule has 0 aliphatic carbocycles. The molecule has 2 rings (SSSR count). The highest BCUT2D eigenvalue weighted by Gasteiger charge is 2.21. The number of nitrogens with zero attached hydrogens (tertiary/aromatic N) is 3. The molecule has 6 heteroatoms. The Balaban J connectivity index is 2.12. The van der Waals surface area contributed by atoms with E-state index < -0.39 is 5.97 Å². The predicted molar refractivity (Wildman–Crippen MR) is 61.2 cm³/mol. The Morgan fingerprint density at radius 2 is 2.35 bits per heavy atom. The van der Waals surface area contributed by atoms with Gasteiger partial charge in [-0.2, -0.15) is 0 Å². The summed E-state index contributed by atoms with van der Waals surface area (Å²) in [7, 11) is 1.80. The van der Waals surface area contributed by atoms with Gasteiger partial charge in [0, 0.05) is 32.6 Å². The molecule has 1 aliphatic rings. The van der Waals surface area contributed by atoms with Gasteiger partial charge < -0.3 is 14.7 Å². The maximum absolute atomic E-state index is 11.0. The van der Waals surface area contributed by atoms with Gasteiger partial charge in [-0.05, 0) is 12.8 Å². The molecule has 1 N–H and O–H groups in total. The third kappa shape index (κ3) is 2.71. The minimum Gasteiger partial charge on any atom is -0.476 e. The number of aromatic nitrogens is 2. The van der Waals surface area contributed by atoms with Gasteiger partial charge >= 0.3 is 5.97 Å². The van der Waals surface area contributed by atoms with Crippen molar-refractivity contribution < 1.29 is 14.6 Å². The summed E-state index contributed by atoms with van der Waals surface area (Å²) in [5, 5.41) is 9.01. The summed E-state index contributed by atoms with van der Waals surface area (Å²) in [6.45, 7) is 1.42. The number of carbonyl (C=O) groups is 1. The number of rotatable bonds is 4. The number of hydrogen-bond acceptors (Lipinski definition) is 5. The van der Waals surface area contributed by atoms with Crippen LogP contribution in [0.25, 0.3) is 0 Å². The van der Waals surface area contributed by atoms with Crippen LogP contribution in [0, 0.1) is 0 Å². The van der Waals surface area contributed by atoms with Crippen LogP contribution in [0.1, 0.15) is 23.3 Å². The summed E-state index contributed by atoms with van der Waals surface area (Å²) < 4.78 is 5.51. The Morgan fingerprint density at radius 3 is 3.00 bits per heavy atom. The van der Waals surface area contributed by atoms with E-state index in [1.807, 2.05) is 0 Å². The van der Waals surface area contributed by atoms with Crippen molar-refractivity contribution in [2.24, 2.45) is 0 Å². The lowest BCUT2D eigenvalue weighted by molar-refractivity contribution is 0.0690. The summed E-state index contributed by atoms with van der Waals surface area (Å²) in [6, 6.07) is 0. The van der Waals surface area contributed by atoms with E-state index in [2.05, 4.69) is 9.97 Å². The molecule has 1 aromatic heterocycles. The van der Waals surface area contributed by atoms with E-state index in [9.17, 15) is 4.79 Å². The van der Waals surface area contributed by atoms with Gasteiger partial charge in [0.15, 0.2) is 11.5 Å². The Morgan fingerprint density at radius 1 is 1.59 bits per heavy atom. The zero-order valence-electron chi connectivity index (χ0n) is 9.67. The quantitative estimate of drug-likeness (QED) is 0.834. The predicted octanol–water partition coefficient (Wildman–Crippen LogP) is 0.790. The lowest BCUT2D eigenvalue weighted by Crippen LogP contribution is -2.30. The largest absolute Gasteiger partial charge is 0.476 e. The minimum absolute atomic E-state index is 0.0204. The van der Waals surface area contributed by atoms with Crippen LogP contribution in [0.3, 0.4) is 0 Å². The molecular weight excluding hydrogens is 222 g/mol. The number of hydrogen-bond donors (Lipinski definition) is 1. The molecule has 2 heterocycles. The third-order valence-corrected chi connectivity index (χ3v) is 2.74. The fraction of sp³-hybridized carbons (Fsp3) is 0.545. The highest BCUT2D eigenvalue weighted by atomic mass is 16.5. The Kier molecular flexibility index (Phi) is 3.53. The number of carboxylic acid groups (broad SMARTS) is 1. The number of ether oxygens (including phenoxy) is 1. The fourth-order valence-electron chi connectivity index (χ4n) is 1.94. The first kappa shape index (κ1) is 11.8. The van der Waals surface area contributed by atoms with Crippen LogP contribution in [0.2, 0.25) is 0 Å². The first-order chi connectivity index (χ1) is 8.18. The van der Waals surface area contributed by atoms with Crippen molar-refractivity contribution in [2.45, 2.75) is 18.9 Å². The molecule has 0 radical (unpaired) electrons. The second-order valence-electron chi connectivity index (χ2n) is 4.05. The van der Waals surface area contributed by atoms with Crippen molar-refractivity contribution in [1.29, 1.82) is 0 Å². The molecule has 1 aromatic rings.